The van der Waals surface area contributed by atoms with E-state index in [1.54, 1.807) is 11.3 Å². The van der Waals surface area contributed by atoms with Gasteiger partial charge in [-0.3, -0.25) is 0 Å². The van der Waals surface area contributed by atoms with Crippen LogP contribution >= 0.6 is 43.2 Å². The van der Waals surface area contributed by atoms with Crippen LogP contribution in [0.5, 0.6) is 0 Å². The summed E-state index contributed by atoms with van der Waals surface area (Å²) in [6, 6.07) is 2.90. The third-order valence-electron chi connectivity index (χ3n) is 3.30. The number of nitrogens with one attached hydrogen (secondary N) is 1. The molecule has 1 N–H and O–H groups in total. The molecule has 96 valence electrons. The number of hydrogen-bond donors (Lipinski definition) is 1. The summed E-state index contributed by atoms with van der Waals surface area (Å²) >= 11 is 8.85. The lowest BCUT2D eigenvalue weighted by molar-refractivity contribution is 0.181. The lowest BCUT2D eigenvalue weighted by Gasteiger charge is -2.32. The van der Waals surface area contributed by atoms with Crippen molar-refractivity contribution in [3.8, 4) is 0 Å². The van der Waals surface area contributed by atoms with E-state index >= 15 is 0 Å². The predicted molar refractivity (Wildman–Crippen MR) is 81.7 cm³/mol. The minimum absolute atomic E-state index is 0.718. The molecule has 1 aromatic rings. The molecule has 1 aromatic heterocycles. The average molecular weight is 382 g/mol. The zero-order valence-corrected chi connectivity index (χ0v) is 14.0. The number of rotatable bonds is 4. The molecule has 17 heavy (non-hydrogen) atoms. The number of likely N-dealkylation sites (N-methyl/N-ethyl adjacent to an activating group) is 1. The van der Waals surface area contributed by atoms with Gasteiger partial charge in [-0.1, -0.05) is 6.42 Å². The lowest BCUT2D eigenvalue weighted by atomic mass is 10.0. The van der Waals surface area contributed by atoms with E-state index in [2.05, 4.69) is 55.2 Å². The number of nitrogens with zero attached hydrogens (tertiary/aromatic N) is 1. The Hall–Kier alpha value is 0.580. The van der Waals surface area contributed by atoms with E-state index in [0.29, 0.717) is 0 Å². The second kappa shape index (κ2) is 6.66. The van der Waals surface area contributed by atoms with Crippen LogP contribution in [0.3, 0.4) is 0 Å². The van der Waals surface area contributed by atoms with Crippen molar-refractivity contribution in [1.82, 2.24) is 10.2 Å². The molecule has 1 unspecified atom stereocenters. The summed E-state index contributed by atoms with van der Waals surface area (Å²) in [6.45, 7) is 3.32. The van der Waals surface area contributed by atoms with Crippen LogP contribution in [0, 0.1) is 0 Å². The van der Waals surface area contributed by atoms with Crippen LogP contribution in [0.2, 0.25) is 0 Å². The van der Waals surface area contributed by atoms with Crippen LogP contribution in [0.4, 0.5) is 0 Å². The molecule has 5 heteroatoms. The van der Waals surface area contributed by atoms with Gasteiger partial charge in [0.05, 0.1) is 3.79 Å². The van der Waals surface area contributed by atoms with Gasteiger partial charge in [0, 0.05) is 28.5 Å². The molecule has 1 fully saturated rings. The molecule has 0 aliphatic carbocycles. The fourth-order valence-corrected chi connectivity index (χ4v) is 4.39. The van der Waals surface area contributed by atoms with Gasteiger partial charge in [0.15, 0.2) is 0 Å². The van der Waals surface area contributed by atoms with Crippen molar-refractivity contribution in [2.45, 2.75) is 31.8 Å². The van der Waals surface area contributed by atoms with E-state index in [0.717, 1.165) is 23.6 Å². The van der Waals surface area contributed by atoms with Gasteiger partial charge in [-0.15, -0.1) is 11.3 Å². The van der Waals surface area contributed by atoms with Gasteiger partial charge < -0.3 is 10.2 Å². The first-order valence-electron chi connectivity index (χ1n) is 6.01. The molecule has 0 spiro atoms. The summed E-state index contributed by atoms with van der Waals surface area (Å²) in [5.74, 6) is 0. The molecule has 0 radical (unpaired) electrons. The highest BCUT2D eigenvalue weighted by molar-refractivity contribution is 9.13. The summed E-state index contributed by atoms with van der Waals surface area (Å²) in [5.41, 5.74) is 0. The molecule has 2 rings (SSSR count). The molecule has 0 aromatic carbocycles. The zero-order valence-electron chi connectivity index (χ0n) is 10.0. The highest BCUT2D eigenvalue weighted by Crippen LogP contribution is 2.32. The lowest BCUT2D eigenvalue weighted by Crippen LogP contribution is -2.42. The van der Waals surface area contributed by atoms with E-state index < -0.39 is 0 Å². The molecule has 1 saturated heterocycles. The van der Waals surface area contributed by atoms with Gasteiger partial charge in [-0.2, -0.15) is 0 Å². The van der Waals surface area contributed by atoms with E-state index in [1.165, 1.54) is 34.5 Å². The summed E-state index contributed by atoms with van der Waals surface area (Å²) in [6.07, 6.45) is 4.08. The number of piperidine rings is 1. The second-order valence-corrected chi connectivity index (χ2v) is 7.90. The summed E-state index contributed by atoms with van der Waals surface area (Å²) in [5, 5.41) is 3.57. The maximum absolute atomic E-state index is 3.57. The van der Waals surface area contributed by atoms with Crippen molar-refractivity contribution in [2.75, 3.05) is 20.1 Å². The van der Waals surface area contributed by atoms with Crippen molar-refractivity contribution in [3.63, 3.8) is 0 Å². The number of thiophene rings is 1. The second-order valence-electron chi connectivity index (χ2n) is 4.60. The smallest absolute Gasteiger partial charge is 0.0843 e. The van der Waals surface area contributed by atoms with Gasteiger partial charge in [-0.05, 0) is 64.4 Å². The van der Waals surface area contributed by atoms with Crippen molar-refractivity contribution in [3.05, 3.63) is 19.2 Å². The van der Waals surface area contributed by atoms with Crippen molar-refractivity contribution < 1.29 is 0 Å². The Balaban J connectivity index is 1.75. The largest absolute Gasteiger partial charge is 0.310 e. The average Bonchev–Trinajstić information content (AvgIpc) is 2.61. The van der Waals surface area contributed by atoms with Crippen molar-refractivity contribution >= 4 is 43.2 Å². The quantitative estimate of drug-likeness (QED) is 0.852. The van der Waals surface area contributed by atoms with Gasteiger partial charge >= 0.3 is 0 Å². The van der Waals surface area contributed by atoms with Gasteiger partial charge in [0.2, 0.25) is 0 Å². The van der Waals surface area contributed by atoms with Gasteiger partial charge in [0.25, 0.3) is 0 Å². The van der Waals surface area contributed by atoms with Crippen molar-refractivity contribution in [2.24, 2.45) is 0 Å². The summed E-state index contributed by atoms with van der Waals surface area (Å²) in [4.78, 5) is 3.86. The molecular weight excluding hydrogens is 364 g/mol. The highest BCUT2D eigenvalue weighted by Gasteiger charge is 2.18. The Bertz CT molecular complexity index is 348. The predicted octanol–water partition coefficient (Wildman–Crippen LogP) is 3.85. The molecule has 0 saturated carbocycles. The van der Waals surface area contributed by atoms with E-state index in [9.17, 15) is 0 Å². The Labute approximate surface area is 124 Å². The van der Waals surface area contributed by atoms with E-state index in [-0.39, 0.29) is 0 Å². The fraction of sp³-hybridized carbons (Fsp3) is 0.667. The first-order chi connectivity index (χ1) is 8.16. The first kappa shape index (κ1) is 14.0. The minimum Gasteiger partial charge on any atom is -0.310 e. The minimum atomic E-state index is 0.718. The Morgan fingerprint density at radius 2 is 2.29 bits per heavy atom. The number of likely N-dealkylation sites (tertiary alicyclic amines) is 1. The van der Waals surface area contributed by atoms with Crippen LogP contribution in [-0.2, 0) is 6.54 Å². The summed E-state index contributed by atoms with van der Waals surface area (Å²) in [7, 11) is 2.24. The molecule has 0 amide bonds. The first-order valence-corrected chi connectivity index (χ1v) is 8.41. The standard InChI is InChI=1S/C12H18Br2N2S/c1-16-5-3-2-4-9(16)7-15-8-10-6-11(13)12(14)17-10/h6,9,15H,2-5,7-8H2,1H3. The third-order valence-corrected chi connectivity index (χ3v) is 6.55. The molecule has 1 aliphatic heterocycles. The van der Waals surface area contributed by atoms with Crippen molar-refractivity contribution in [1.29, 1.82) is 0 Å². The van der Waals surface area contributed by atoms with Crippen LogP contribution in [0.15, 0.2) is 14.3 Å². The summed E-state index contributed by atoms with van der Waals surface area (Å²) < 4.78 is 2.35. The fourth-order valence-electron chi connectivity index (χ4n) is 2.24. The molecule has 0 bridgehead atoms. The topological polar surface area (TPSA) is 15.3 Å². The maximum Gasteiger partial charge on any atom is 0.0843 e. The van der Waals surface area contributed by atoms with E-state index in [4.69, 9.17) is 0 Å². The maximum atomic E-state index is 3.57. The van der Waals surface area contributed by atoms with Crippen LogP contribution in [0.25, 0.3) is 0 Å². The van der Waals surface area contributed by atoms with Crippen LogP contribution in [0.1, 0.15) is 24.1 Å². The van der Waals surface area contributed by atoms with Gasteiger partial charge in [0.1, 0.15) is 0 Å². The Morgan fingerprint density at radius 3 is 2.94 bits per heavy atom. The monoisotopic (exact) mass is 380 g/mol. The third kappa shape index (κ3) is 4.03. The molecule has 1 atom stereocenters. The molecule has 2 nitrogen and oxygen atoms in total. The zero-order chi connectivity index (χ0) is 12.3. The number of hydrogen-bond acceptors (Lipinski definition) is 3. The number of halogens is 2. The normalized spacial score (nSPS) is 21.9. The molecule has 1 aliphatic rings. The highest BCUT2D eigenvalue weighted by atomic mass is 79.9. The van der Waals surface area contributed by atoms with Crippen LogP contribution < -0.4 is 5.32 Å². The van der Waals surface area contributed by atoms with Gasteiger partial charge in [-0.25, -0.2) is 0 Å². The van der Waals surface area contributed by atoms with Crippen LogP contribution in [-0.4, -0.2) is 31.1 Å². The molecular formula is C12H18Br2N2S. The van der Waals surface area contributed by atoms with E-state index in [1.807, 2.05) is 0 Å². The molecule has 2 heterocycles. The Kier molecular flexibility index (Phi) is 5.49. The SMILES string of the molecule is CN1CCCCC1CNCc1cc(Br)c(Br)s1. The Morgan fingerprint density at radius 1 is 1.47 bits per heavy atom.